The van der Waals surface area contributed by atoms with Gasteiger partial charge in [-0.1, -0.05) is 12.1 Å². The summed E-state index contributed by atoms with van der Waals surface area (Å²) in [5.41, 5.74) is 0.871. The van der Waals surface area contributed by atoms with Gasteiger partial charge in [0.2, 0.25) is 0 Å². The maximum Gasteiger partial charge on any atom is 0.492 e. The van der Waals surface area contributed by atoms with Crippen molar-refractivity contribution in [2.24, 2.45) is 0 Å². The normalized spacial score (nSPS) is 19.9. The fraction of sp³-hybridized carbons (Fsp3) is 0.500. The van der Waals surface area contributed by atoms with Crippen LogP contribution in [0.5, 0.6) is 0 Å². The smallest absolute Gasteiger partial charge is 0.481 e. The topological polar surface area (TPSA) is 88.9 Å². The van der Waals surface area contributed by atoms with Gasteiger partial charge in [0.05, 0.1) is 29.9 Å². The third-order valence-electron chi connectivity index (χ3n) is 4.27. The van der Waals surface area contributed by atoms with Gasteiger partial charge in [-0.05, 0) is 44.8 Å². The standard InChI is InChI=1S/C16H22BNO5/c1-15(2)16(3,4)23-17(22-15)12(10-19)7-11-5-6-13(18-9-11)8-14(20)21/h5-7,9,19H,8,10H2,1-4H3,(H,20,21). The molecule has 1 aromatic heterocycles. The quantitative estimate of drug-likeness (QED) is 0.803. The van der Waals surface area contributed by atoms with Crippen molar-refractivity contribution >= 4 is 19.2 Å². The summed E-state index contributed by atoms with van der Waals surface area (Å²) in [6.07, 6.45) is 3.20. The molecule has 0 bridgehead atoms. The molecule has 7 heteroatoms. The summed E-state index contributed by atoms with van der Waals surface area (Å²) >= 11 is 0. The maximum absolute atomic E-state index is 10.7. The number of aromatic nitrogens is 1. The Balaban J connectivity index is 2.18. The molecule has 1 aromatic rings. The Morgan fingerprint density at radius 1 is 1.26 bits per heavy atom. The van der Waals surface area contributed by atoms with E-state index in [-0.39, 0.29) is 13.0 Å². The second-order valence-electron chi connectivity index (χ2n) is 6.62. The number of hydrogen-bond donors (Lipinski definition) is 2. The number of carboxylic acid groups (broad SMARTS) is 1. The Bertz CT molecular complexity index is 593. The fourth-order valence-electron chi connectivity index (χ4n) is 2.18. The molecule has 0 spiro atoms. The number of carboxylic acids is 1. The van der Waals surface area contributed by atoms with Crippen LogP contribution in [0.15, 0.2) is 23.8 Å². The third kappa shape index (κ3) is 3.99. The first-order chi connectivity index (χ1) is 10.6. The van der Waals surface area contributed by atoms with E-state index in [0.717, 1.165) is 5.56 Å². The molecule has 1 aliphatic rings. The highest BCUT2D eigenvalue weighted by Crippen LogP contribution is 2.38. The zero-order valence-corrected chi connectivity index (χ0v) is 13.9. The lowest BCUT2D eigenvalue weighted by Gasteiger charge is -2.32. The van der Waals surface area contributed by atoms with Gasteiger partial charge in [0.25, 0.3) is 0 Å². The van der Waals surface area contributed by atoms with Crippen LogP contribution in [0.1, 0.15) is 39.0 Å². The molecule has 2 N–H and O–H groups in total. The molecule has 6 nitrogen and oxygen atoms in total. The molecule has 0 atom stereocenters. The summed E-state index contributed by atoms with van der Waals surface area (Å²) in [7, 11) is -0.622. The van der Waals surface area contributed by atoms with Crippen molar-refractivity contribution in [1.29, 1.82) is 0 Å². The zero-order valence-electron chi connectivity index (χ0n) is 13.9. The van der Waals surface area contributed by atoms with E-state index in [1.54, 1.807) is 24.4 Å². The lowest BCUT2D eigenvalue weighted by atomic mass is 9.77. The number of carbonyl (C=O) groups is 1. The molecule has 2 rings (SSSR count). The van der Waals surface area contributed by atoms with Gasteiger partial charge in [-0.25, -0.2) is 0 Å². The molecule has 23 heavy (non-hydrogen) atoms. The first kappa shape index (κ1) is 17.7. The summed E-state index contributed by atoms with van der Waals surface area (Å²) in [6.45, 7) is 7.59. The van der Waals surface area contributed by atoms with E-state index in [1.165, 1.54) is 0 Å². The van der Waals surface area contributed by atoms with E-state index in [9.17, 15) is 9.90 Å². The predicted octanol–water partition coefficient (Wildman–Crippen LogP) is 1.72. The Hall–Kier alpha value is -1.70. The second kappa shape index (κ2) is 6.43. The fourth-order valence-corrected chi connectivity index (χ4v) is 2.18. The monoisotopic (exact) mass is 319 g/mol. The Morgan fingerprint density at radius 3 is 2.30 bits per heavy atom. The number of rotatable bonds is 5. The van der Waals surface area contributed by atoms with Crippen LogP contribution in [-0.4, -0.2) is 46.1 Å². The molecule has 0 saturated carbocycles. The summed E-state index contributed by atoms with van der Waals surface area (Å²) in [6, 6.07) is 3.41. The average Bonchev–Trinajstić information content (AvgIpc) is 2.66. The zero-order chi connectivity index (χ0) is 17.3. The van der Waals surface area contributed by atoms with Crippen LogP contribution >= 0.6 is 0 Å². The summed E-state index contributed by atoms with van der Waals surface area (Å²) < 4.78 is 11.8. The highest BCUT2D eigenvalue weighted by molar-refractivity contribution is 6.55. The Labute approximate surface area is 136 Å². The van der Waals surface area contributed by atoms with Crippen molar-refractivity contribution in [2.45, 2.75) is 45.3 Å². The minimum absolute atomic E-state index is 0.117. The molecule has 1 aliphatic heterocycles. The highest BCUT2D eigenvalue weighted by Gasteiger charge is 2.52. The summed E-state index contributed by atoms with van der Waals surface area (Å²) in [5, 5.41) is 18.4. The molecular weight excluding hydrogens is 297 g/mol. The van der Waals surface area contributed by atoms with E-state index in [2.05, 4.69) is 4.98 Å². The van der Waals surface area contributed by atoms with Gasteiger partial charge >= 0.3 is 13.1 Å². The van der Waals surface area contributed by atoms with Crippen LogP contribution in [0.2, 0.25) is 0 Å². The average molecular weight is 319 g/mol. The van der Waals surface area contributed by atoms with Crippen LogP contribution in [0.4, 0.5) is 0 Å². The minimum atomic E-state index is -0.922. The largest absolute Gasteiger partial charge is 0.492 e. The number of hydrogen-bond acceptors (Lipinski definition) is 5. The van der Waals surface area contributed by atoms with Crippen LogP contribution in [0, 0.1) is 0 Å². The molecule has 0 aromatic carbocycles. The maximum atomic E-state index is 10.7. The molecule has 1 saturated heterocycles. The summed E-state index contributed by atoms with van der Waals surface area (Å²) in [5.74, 6) is -0.922. The van der Waals surface area contributed by atoms with Gasteiger partial charge in [-0.2, -0.15) is 0 Å². The Morgan fingerprint density at radius 2 is 1.87 bits per heavy atom. The van der Waals surface area contributed by atoms with E-state index in [0.29, 0.717) is 11.2 Å². The molecule has 0 unspecified atom stereocenters. The predicted molar refractivity (Wildman–Crippen MR) is 86.7 cm³/mol. The van der Waals surface area contributed by atoms with Crippen molar-refractivity contribution in [3.8, 4) is 0 Å². The SMILES string of the molecule is CC1(C)OB(C(=Cc2ccc(CC(=O)O)nc2)CO)OC1(C)C. The Kier molecular flexibility index (Phi) is 4.94. The van der Waals surface area contributed by atoms with Crippen molar-refractivity contribution in [1.82, 2.24) is 4.98 Å². The van der Waals surface area contributed by atoms with Gasteiger partial charge in [-0.15, -0.1) is 0 Å². The molecule has 0 aliphatic carbocycles. The van der Waals surface area contributed by atoms with Crippen LogP contribution in [0.25, 0.3) is 6.08 Å². The van der Waals surface area contributed by atoms with Crippen molar-refractivity contribution < 1.29 is 24.3 Å². The first-order valence-electron chi connectivity index (χ1n) is 7.48. The van der Waals surface area contributed by atoms with Crippen molar-refractivity contribution in [3.05, 3.63) is 35.1 Å². The number of nitrogens with zero attached hydrogens (tertiary/aromatic N) is 1. The van der Waals surface area contributed by atoms with Crippen LogP contribution in [-0.2, 0) is 20.5 Å². The van der Waals surface area contributed by atoms with Gasteiger partial charge in [0.1, 0.15) is 0 Å². The van der Waals surface area contributed by atoms with Crippen LogP contribution < -0.4 is 0 Å². The highest BCUT2D eigenvalue weighted by atomic mass is 16.7. The van der Waals surface area contributed by atoms with E-state index < -0.39 is 24.3 Å². The molecule has 2 heterocycles. The van der Waals surface area contributed by atoms with Gasteiger partial charge < -0.3 is 19.5 Å². The van der Waals surface area contributed by atoms with E-state index in [1.807, 2.05) is 27.7 Å². The minimum Gasteiger partial charge on any atom is -0.481 e. The van der Waals surface area contributed by atoms with Gasteiger partial charge in [-0.3, -0.25) is 9.78 Å². The summed E-state index contributed by atoms with van der Waals surface area (Å²) in [4.78, 5) is 14.8. The van der Waals surface area contributed by atoms with E-state index in [4.69, 9.17) is 14.4 Å². The lowest BCUT2D eigenvalue weighted by molar-refractivity contribution is -0.136. The van der Waals surface area contributed by atoms with Gasteiger partial charge in [0.15, 0.2) is 0 Å². The number of aliphatic hydroxyl groups is 1. The molecule has 0 radical (unpaired) electrons. The van der Waals surface area contributed by atoms with Crippen molar-refractivity contribution in [3.63, 3.8) is 0 Å². The molecule has 0 amide bonds. The third-order valence-corrected chi connectivity index (χ3v) is 4.27. The number of pyridine rings is 1. The van der Waals surface area contributed by atoms with Crippen LogP contribution in [0.3, 0.4) is 0 Å². The molecular formula is C16H22BNO5. The second-order valence-corrected chi connectivity index (χ2v) is 6.62. The van der Waals surface area contributed by atoms with E-state index >= 15 is 0 Å². The van der Waals surface area contributed by atoms with Gasteiger partial charge in [0, 0.05) is 6.20 Å². The number of aliphatic hydroxyl groups excluding tert-OH is 1. The van der Waals surface area contributed by atoms with Crippen molar-refractivity contribution in [2.75, 3.05) is 6.61 Å². The lowest BCUT2D eigenvalue weighted by Crippen LogP contribution is -2.41. The first-order valence-corrected chi connectivity index (χ1v) is 7.48. The molecule has 1 fully saturated rings. The molecule has 124 valence electrons. The number of aliphatic carboxylic acids is 1.